The third-order valence-electron chi connectivity index (χ3n) is 5.56. The minimum absolute atomic E-state index is 0.287. The van der Waals surface area contributed by atoms with Gasteiger partial charge in [-0.3, -0.25) is 0 Å². The summed E-state index contributed by atoms with van der Waals surface area (Å²) in [6.07, 6.45) is 3.04. The summed E-state index contributed by atoms with van der Waals surface area (Å²) in [4.78, 5) is 0. The third-order valence-corrected chi connectivity index (χ3v) is 9.30. The van der Waals surface area contributed by atoms with E-state index in [9.17, 15) is 5.11 Å². The lowest BCUT2D eigenvalue weighted by Crippen LogP contribution is -2.28. The molecule has 0 aliphatic heterocycles. The summed E-state index contributed by atoms with van der Waals surface area (Å²) >= 11 is 3.64. The van der Waals surface area contributed by atoms with Crippen LogP contribution in [-0.2, 0) is 0 Å². The zero-order valence-electron chi connectivity index (χ0n) is 15.2. The largest absolute Gasteiger partial charge is 0.388 e. The van der Waals surface area contributed by atoms with E-state index in [4.69, 9.17) is 0 Å². The first-order chi connectivity index (χ1) is 13.3. The Balaban J connectivity index is 1.72. The number of aliphatic hydroxyl groups is 1. The van der Waals surface area contributed by atoms with Crippen LogP contribution in [0.1, 0.15) is 30.9 Å². The lowest BCUT2D eigenvalue weighted by molar-refractivity contribution is 0.113. The molecule has 1 aliphatic carbocycles. The van der Waals surface area contributed by atoms with Crippen molar-refractivity contribution in [1.82, 2.24) is 0 Å². The van der Waals surface area contributed by atoms with E-state index in [1.54, 1.807) is 0 Å². The maximum Gasteiger partial charge on any atom is 0.0835 e. The van der Waals surface area contributed by atoms with E-state index < -0.39 is 14.0 Å². The number of benzene rings is 3. The van der Waals surface area contributed by atoms with Crippen molar-refractivity contribution in [2.75, 3.05) is 0 Å². The zero-order chi connectivity index (χ0) is 18.6. The van der Waals surface area contributed by atoms with Gasteiger partial charge in [0.25, 0.3) is 0 Å². The summed E-state index contributed by atoms with van der Waals surface area (Å²) in [7, 11) is -0.499. The van der Waals surface area contributed by atoms with Gasteiger partial charge in [-0.15, -0.1) is 0 Å². The van der Waals surface area contributed by atoms with Gasteiger partial charge in [0.1, 0.15) is 0 Å². The molecule has 1 N–H and O–H groups in total. The molecule has 0 saturated heterocycles. The first-order valence-corrected chi connectivity index (χ1v) is 11.8. The highest BCUT2D eigenvalue weighted by molar-refractivity contribution is 9.10. The summed E-state index contributed by atoms with van der Waals surface area (Å²) in [5.41, 5.74) is 1.51. The monoisotopic (exact) mass is 438 g/mol. The van der Waals surface area contributed by atoms with Crippen LogP contribution in [0.15, 0.2) is 89.4 Å². The van der Waals surface area contributed by atoms with E-state index in [0.717, 1.165) is 16.5 Å². The fourth-order valence-corrected chi connectivity index (χ4v) is 8.02. The molecule has 27 heavy (non-hydrogen) atoms. The first kappa shape index (κ1) is 18.9. The molecule has 0 bridgehead atoms. The summed E-state index contributed by atoms with van der Waals surface area (Å²) < 4.78 is 1.01. The molecule has 138 valence electrons. The molecule has 3 heteroatoms. The number of rotatable bonds is 5. The van der Waals surface area contributed by atoms with Gasteiger partial charge in [-0.05, 0) is 54.6 Å². The fourth-order valence-electron chi connectivity index (χ4n) is 4.31. The second-order valence-corrected chi connectivity index (χ2v) is 10.5. The highest BCUT2D eigenvalue weighted by atomic mass is 79.9. The predicted molar refractivity (Wildman–Crippen MR) is 119 cm³/mol. The van der Waals surface area contributed by atoms with E-state index in [0.29, 0.717) is 5.66 Å². The van der Waals surface area contributed by atoms with E-state index in [-0.39, 0.29) is 5.92 Å². The van der Waals surface area contributed by atoms with Gasteiger partial charge < -0.3 is 5.11 Å². The maximum atomic E-state index is 11.3. The predicted octanol–water partition coefficient (Wildman–Crippen LogP) is 5.78. The summed E-state index contributed by atoms with van der Waals surface area (Å²) in [5.74, 6) is 0.287. The van der Waals surface area contributed by atoms with Crippen molar-refractivity contribution in [2.24, 2.45) is 5.92 Å². The van der Waals surface area contributed by atoms with Gasteiger partial charge in [0.05, 0.1) is 6.10 Å². The van der Waals surface area contributed by atoms with E-state index in [2.05, 4.69) is 82.7 Å². The fraction of sp³-hybridized carbons (Fsp3) is 0.250. The molecule has 0 spiro atoms. The minimum atomic E-state index is -0.499. The Morgan fingerprint density at radius 2 is 1.33 bits per heavy atom. The Labute approximate surface area is 171 Å². The van der Waals surface area contributed by atoms with Crippen molar-refractivity contribution >= 4 is 34.5 Å². The molecular weight excluding hydrogens is 415 g/mol. The van der Waals surface area contributed by atoms with Crippen LogP contribution in [-0.4, -0.2) is 10.8 Å². The number of halogens is 1. The lowest BCUT2D eigenvalue weighted by Gasteiger charge is -2.33. The van der Waals surface area contributed by atoms with Crippen LogP contribution in [0, 0.1) is 5.92 Å². The molecule has 0 amide bonds. The average Bonchev–Trinajstić information content (AvgIpc) is 3.19. The maximum absolute atomic E-state index is 11.3. The quantitative estimate of drug-likeness (QED) is 0.500. The van der Waals surface area contributed by atoms with Gasteiger partial charge in [0, 0.05) is 4.47 Å². The highest BCUT2D eigenvalue weighted by Gasteiger charge is 2.39. The van der Waals surface area contributed by atoms with Crippen LogP contribution in [0.5, 0.6) is 0 Å². The number of hydrogen-bond donors (Lipinski definition) is 1. The van der Waals surface area contributed by atoms with Gasteiger partial charge in [0.2, 0.25) is 0 Å². The van der Waals surface area contributed by atoms with Crippen LogP contribution < -0.4 is 10.6 Å². The third kappa shape index (κ3) is 4.04. The van der Waals surface area contributed by atoms with Crippen molar-refractivity contribution < 1.29 is 5.11 Å². The molecule has 3 atom stereocenters. The Bertz CT molecular complexity index is 828. The molecule has 3 aromatic rings. The molecule has 2 unspecified atom stereocenters. The lowest BCUT2D eigenvalue weighted by atomic mass is 9.94. The van der Waals surface area contributed by atoms with Crippen molar-refractivity contribution in [2.45, 2.75) is 31.0 Å². The molecule has 1 nitrogen and oxygen atoms in total. The molecule has 0 radical (unpaired) electrons. The van der Waals surface area contributed by atoms with Crippen LogP contribution >= 0.6 is 23.9 Å². The summed E-state index contributed by atoms with van der Waals surface area (Å²) in [6.45, 7) is 0. The van der Waals surface area contributed by atoms with Crippen molar-refractivity contribution in [3.05, 3.63) is 95.0 Å². The second kappa shape index (κ2) is 8.69. The molecule has 1 saturated carbocycles. The van der Waals surface area contributed by atoms with Crippen molar-refractivity contribution in [1.29, 1.82) is 0 Å². The Hall–Kier alpha value is -1.47. The van der Waals surface area contributed by atoms with E-state index >= 15 is 0 Å². The molecule has 4 rings (SSSR count). The second-order valence-electron chi connectivity index (χ2n) is 7.17. The number of aliphatic hydroxyl groups excluding tert-OH is 1. The van der Waals surface area contributed by atoms with Gasteiger partial charge >= 0.3 is 0 Å². The van der Waals surface area contributed by atoms with Crippen LogP contribution in [0.25, 0.3) is 0 Å². The van der Waals surface area contributed by atoms with Gasteiger partial charge in [0.15, 0.2) is 0 Å². The molecule has 3 aromatic carbocycles. The zero-order valence-corrected chi connectivity index (χ0v) is 17.7. The summed E-state index contributed by atoms with van der Waals surface area (Å²) in [5, 5.41) is 14.1. The van der Waals surface area contributed by atoms with Crippen molar-refractivity contribution in [3.63, 3.8) is 0 Å². The topological polar surface area (TPSA) is 20.2 Å². The average molecular weight is 439 g/mol. The van der Waals surface area contributed by atoms with Gasteiger partial charge in [-0.2, -0.15) is 0 Å². The molecule has 0 heterocycles. The highest BCUT2D eigenvalue weighted by Crippen LogP contribution is 2.53. The molecule has 0 aromatic heterocycles. The summed E-state index contributed by atoms with van der Waals surface area (Å²) in [6, 6.07) is 29.9. The van der Waals surface area contributed by atoms with Crippen LogP contribution in [0.3, 0.4) is 0 Å². The normalized spacial score (nSPS) is 20.7. The van der Waals surface area contributed by atoms with Gasteiger partial charge in [-0.1, -0.05) is 101 Å². The Morgan fingerprint density at radius 1 is 0.778 bits per heavy atom. The molecular formula is C24H24BrOP. The van der Waals surface area contributed by atoms with E-state index in [1.165, 1.54) is 23.5 Å². The van der Waals surface area contributed by atoms with Crippen LogP contribution in [0.4, 0.5) is 0 Å². The van der Waals surface area contributed by atoms with E-state index in [1.807, 2.05) is 18.2 Å². The van der Waals surface area contributed by atoms with Crippen molar-refractivity contribution in [3.8, 4) is 0 Å². The van der Waals surface area contributed by atoms with Gasteiger partial charge in [-0.25, -0.2) is 0 Å². The molecule has 1 aliphatic rings. The Kier molecular flexibility index (Phi) is 6.08. The first-order valence-electron chi connectivity index (χ1n) is 9.57. The smallest absolute Gasteiger partial charge is 0.0835 e. The van der Waals surface area contributed by atoms with Crippen LogP contribution in [0.2, 0.25) is 0 Å². The number of hydrogen-bond acceptors (Lipinski definition) is 1. The Morgan fingerprint density at radius 3 is 1.93 bits per heavy atom. The molecule has 1 fully saturated rings. The SMILES string of the molecule is O[C@H](c1ccccc1Br)C1CCCC1P(c1ccccc1)c1ccccc1. The standard InChI is InChI=1S/C24H24BrOP/c25-22-16-8-7-14-20(22)24(26)21-15-9-17-23(21)27(18-10-3-1-4-11-18)19-12-5-2-6-13-19/h1-8,10-14,16,21,23-24,26H,9,15,17H2/t21?,23?,24-/m1/s1. The minimum Gasteiger partial charge on any atom is -0.388 e.